The maximum atomic E-state index is 12.7. The van der Waals surface area contributed by atoms with E-state index in [2.05, 4.69) is 21.5 Å². The largest absolute Gasteiger partial charge is 0.387 e. The number of aliphatic hydroxyl groups is 2. The van der Waals surface area contributed by atoms with E-state index < -0.39 is 43.4 Å². The number of aromatic amines is 1. The van der Waals surface area contributed by atoms with E-state index in [1.54, 1.807) is 13.8 Å². The second-order valence-electron chi connectivity index (χ2n) is 7.09. The minimum atomic E-state index is -3.55. The first-order valence-electron chi connectivity index (χ1n) is 9.37. The highest BCUT2D eigenvalue weighted by Crippen LogP contribution is 2.51. The third kappa shape index (κ3) is 3.82. The molecule has 0 bridgehead atoms. The molecule has 166 valence electrons. The molecule has 12 nitrogen and oxygen atoms in total. The molecule has 2 aromatic rings. The van der Waals surface area contributed by atoms with Crippen molar-refractivity contribution in [2.24, 2.45) is 0 Å². The van der Waals surface area contributed by atoms with Crippen LogP contribution in [0.1, 0.15) is 26.8 Å². The third-order valence-corrected chi connectivity index (χ3v) is 6.72. The summed E-state index contributed by atoms with van der Waals surface area (Å²) in [7, 11) is -3.55. The topological polar surface area (TPSA) is 175 Å². The summed E-state index contributed by atoms with van der Waals surface area (Å²) in [4.78, 5) is 22.5. The number of nitrogens with two attached hydrogens (primary N) is 1. The van der Waals surface area contributed by atoms with Gasteiger partial charge in [0.25, 0.3) is 5.56 Å². The van der Waals surface area contributed by atoms with Gasteiger partial charge >= 0.3 is 7.60 Å². The fourth-order valence-corrected chi connectivity index (χ4v) is 5.02. The standard InChI is InChI=1S/C17H26N5O7P/c1-5-28-30(26,29-6-2)8-27-11-9(3)12(17(4,25)13(11)23)22-7-19-10-14(22)20-16(18)21-15(10)24/h7,11-13,23,25H,3,5-6,8H2,1-2,4H3,(H3,18,20,21,24)/t11-,12+,13-,17-/m0/s1. The average Bonchev–Trinajstić information content (AvgIpc) is 3.12. The number of imidazole rings is 1. The molecule has 0 spiro atoms. The zero-order valence-corrected chi connectivity index (χ0v) is 17.8. The Morgan fingerprint density at radius 1 is 1.40 bits per heavy atom. The molecule has 1 fully saturated rings. The van der Waals surface area contributed by atoms with Crippen molar-refractivity contribution in [3.63, 3.8) is 0 Å². The van der Waals surface area contributed by atoms with Crippen LogP contribution in [0, 0.1) is 0 Å². The number of anilines is 1. The first-order valence-corrected chi connectivity index (χ1v) is 11.1. The number of nitrogens with zero attached hydrogens (tertiary/aromatic N) is 3. The second-order valence-corrected chi connectivity index (χ2v) is 9.08. The van der Waals surface area contributed by atoms with Crippen molar-refractivity contribution < 1.29 is 28.6 Å². The van der Waals surface area contributed by atoms with Gasteiger partial charge in [-0.3, -0.25) is 14.3 Å². The average molecular weight is 443 g/mol. The van der Waals surface area contributed by atoms with Gasteiger partial charge in [-0.15, -0.1) is 0 Å². The molecule has 0 aromatic carbocycles. The fraction of sp³-hybridized carbons (Fsp3) is 0.588. The van der Waals surface area contributed by atoms with Crippen molar-refractivity contribution in [1.29, 1.82) is 0 Å². The Morgan fingerprint density at radius 3 is 2.63 bits per heavy atom. The molecule has 1 aliphatic rings. The Labute approximate surface area is 172 Å². The summed E-state index contributed by atoms with van der Waals surface area (Å²) in [5, 5.41) is 21.8. The summed E-state index contributed by atoms with van der Waals surface area (Å²) in [6.07, 6.45) is -1.65. The summed E-state index contributed by atoms with van der Waals surface area (Å²) >= 11 is 0. The minimum absolute atomic E-state index is 0.0175. The lowest BCUT2D eigenvalue weighted by atomic mass is 9.97. The van der Waals surface area contributed by atoms with Gasteiger partial charge in [-0.25, -0.2) is 4.98 Å². The number of nitrogens with one attached hydrogen (secondary N) is 1. The number of nitrogen functional groups attached to an aromatic ring is 1. The predicted molar refractivity (Wildman–Crippen MR) is 108 cm³/mol. The van der Waals surface area contributed by atoms with Gasteiger partial charge in [0.05, 0.1) is 25.6 Å². The summed E-state index contributed by atoms with van der Waals surface area (Å²) in [6, 6.07) is -0.949. The van der Waals surface area contributed by atoms with E-state index in [1.807, 2.05) is 0 Å². The van der Waals surface area contributed by atoms with Crippen LogP contribution in [0.15, 0.2) is 23.3 Å². The highest BCUT2D eigenvalue weighted by atomic mass is 31.2. The smallest absolute Gasteiger partial charge is 0.356 e. The number of ether oxygens (including phenoxy) is 1. The Kier molecular flexibility index (Phi) is 6.19. The van der Waals surface area contributed by atoms with Crippen molar-refractivity contribution in [2.75, 3.05) is 25.3 Å². The molecule has 1 aliphatic carbocycles. The molecule has 0 saturated heterocycles. The van der Waals surface area contributed by atoms with E-state index in [9.17, 15) is 19.6 Å². The lowest BCUT2D eigenvalue weighted by molar-refractivity contribution is -0.0991. The van der Waals surface area contributed by atoms with E-state index in [-0.39, 0.29) is 35.9 Å². The van der Waals surface area contributed by atoms with Crippen LogP contribution in [0.4, 0.5) is 5.95 Å². The minimum Gasteiger partial charge on any atom is -0.387 e. The lowest BCUT2D eigenvalue weighted by Gasteiger charge is -2.29. The van der Waals surface area contributed by atoms with Crippen LogP contribution >= 0.6 is 7.60 Å². The third-order valence-electron chi connectivity index (χ3n) is 4.95. The molecule has 4 atom stereocenters. The molecule has 0 aliphatic heterocycles. The summed E-state index contributed by atoms with van der Waals surface area (Å²) < 4.78 is 30.1. The zero-order chi connectivity index (χ0) is 22.3. The van der Waals surface area contributed by atoms with Crippen molar-refractivity contribution >= 4 is 24.7 Å². The predicted octanol–water partition coefficient (Wildman–Crippen LogP) is 0.533. The van der Waals surface area contributed by atoms with Crippen LogP contribution in [-0.4, -0.2) is 67.1 Å². The normalized spacial score (nSPS) is 27.2. The molecule has 5 N–H and O–H groups in total. The summed E-state index contributed by atoms with van der Waals surface area (Å²) in [5.41, 5.74) is 3.73. The number of hydrogen-bond donors (Lipinski definition) is 4. The highest BCUT2D eigenvalue weighted by Gasteiger charge is 2.55. The van der Waals surface area contributed by atoms with Crippen LogP contribution in [0.25, 0.3) is 11.2 Å². The first kappa shape index (κ1) is 22.6. The van der Waals surface area contributed by atoms with Crippen LogP contribution in [0.2, 0.25) is 0 Å². The van der Waals surface area contributed by atoms with E-state index in [0.29, 0.717) is 0 Å². The van der Waals surface area contributed by atoms with Gasteiger partial charge in [0, 0.05) is 0 Å². The summed E-state index contributed by atoms with van der Waals surface area (Å²) in [6.45, 7) is 8.98. The van der Waals surface area contributed by atoms with Crippen molar-refractivity contribution in [3.8, 4) is 0 Å². The van der Waals surface area contributed by atoms with Gasteiger partial charge in [0.15, 0.2) is 11.2 Å². The second kappa shape index (κ2) is 8.22. The number of H-pyrrole nitrogens is 1. The molecular weight excluding hydrogens is 417 g/mol. The highest BCUT2D eigenvalue weighted by molar-refractivity contribution is 7.53. The molecule has 2 heterocycles. The maximum absolute atomic E-state index is 12.7. The zero-order valence-electron chi connectivity index (χ0n) is 16.9. The molecule has 13 heteroatoms. The van der Waals surface area contributed by atoms with Gasteiger partial charge in [-0.05, 0) is 26.3 Å². The van der Waals surface area contributed by atoms with Gasteiger partial charge in [-0.1, -0.05) is 6.58 Å². The SMILES string of the molecule is C=C1[C@H](OCP(=O)(OCC)OCC)[C@H](O)[C@@](C)(O)[C@@H]1n1cnc2c(=O)[nH]c(N)nc21. The van der Waals surface area contributed by atoms with E-state index in [1.165, 1.54) is 17.8 Å². The summed E-state index contributed by atoms with van der Waals surface area (Å²) in [5.74, 6) is -0.125. The van der Waals surface area contributed by atoms with E-state index in [0.717, 1.165) is 0 Å². The Balaban J connectivity index is 1.94. The Hall–Kier alpha value is -2.08. The first-order chi connectivity index (χ1) is 14.1. The van der Waals surface area contributed by atoms with Gasteiger partial charge in [0.2, 0.25) is 5.95 Å². The molecule has 2 aromatic heterocycles. The van der Waals surface area contributed by atoms with Gasteiger partial charge in [0.1, 0.15) is 24.2 Å². The molecule has 0 amide bonds. The Morgan fingerprint density at radius 2 is 2.03 bits per heavy atom. The molecular formula is C17H26N5O7P. The van der Waals surface area contributed by atoms with Crippen molar-refractivity contribution in [2.45, 2.75) is 44.6 Å². The number of aliphatic hydroxyl groups excluding tert-OH is 1. The van der Waals surface area contributed by atoms with E-state index in [4.69, 9.17) is 19.5 Å². The Bertz CT molecular complexity index is 1040. The quantitative estimate of drug-likeness (QED) is 0.333. The van der Waals surface area contributed by atoms with Crippen molar-refractivity contribution in [3.05, 3.63) is 28.8 Å². The molecule has 1 saturated carbocycles. The number of fused-ring (bicyclic) bond motifs is 1. The lowest BCUT2D eigenvalue weighted by Crippen LogP contribution is -2.44. The number of hydrogen-bond acceptors (Lipinski definition) is 10. The van der Waals surface area contributed by atoms with E-state index >= 15 is 0 Å². The van der Waals surface area contributed by atoms with Crippen LogP contribution < -0.4 is 11.3 Å². The van der Waals surface area contributed by atoms with Crippen molar-refractivity contribution in [1.82, 2.24) is 19.5 Å². The van der Waals surface area contributed by atoms with Crippen LogP contribution in [0.3, 0.4) is 0 Å². The molecule has 0 unspecified atom stereocenters. The van der Waals surface area contributed by atoms with Crippen LogP contribution in [0.5, 0.6) is 0 Å². The number of aromatic nitrogens is 4. The molecule has 0 radical (unpaired) electrons. The number of rotatable bonds is 8. The van der Waals surface area contributed by atoms with Gasteiger partial charge < -0.3 is 34.3 Å². The fourth-order valence-electron chi connectivity index (χ4n) is 3.67. The monoisotopic (exact) mass is 443 g/mol. The molecule has 30 heavy (non-hydrogen) atoms. The maximum Gasteiger partial charge on any atom is 0.356 e. The van der Waals surface area contributed by atoms with Gasteiger partial charge in [-0.2, -0.15) is 4.98 Å². The van der Waals surface area contributed by atoms with Crippen LogP contribution in [-0.2, 0) is 18.3 Å². The molecule has 3 rings (SSSR count).